The maximum Gasteiger partial charge on any atom is 0.252 e. The number of thiazole rings is 1. The molecule has 18 heavy (non-hydrogen) atoms. The van der Waals surface area contributed by atoms with Crippen LogP contribution in [-0.4, -0.2) is 18.4 Å². The van der Waals surface area contributed by atoms with Gasteiger partial charge in [0.25, 0.3) is 10.0 Å². The zero-order valence-corrected chi connectivity index (χ0v) is 11.8. The number of aryl methyl sites for hydroxylation is 1. The molecule has 0 radical (unpaired) electrons. The van der Waals surface area contributed by atoms with Crippen LogP contribution in [0.4, 0.5) is 0 Å². The van der Waals surface area contributed by atoms with Gasteiger partial charge >= 0.3 is 0 Å². The number of rotatable bonds is 4. The Morgan fingerprint density at radius 2 is 2.22 bits per heavy atom. The number of pyridine rings is 1. The number of hydrogen-bond acceptors (Lipinski definition) is 5. The monoisotopic (exact) mass is 303 g/mol. The minimum Gasteiger partial charge on any atom is -0.260 e. The quantitative estimate of drug-likeness (QED) is 0.937. The summed E-state index contributed by atoms with van der Waals surface area (Å²) in [6.45, 7) is 2.02. The Morgan fingerprint density at radius 3 is 2.83 bits per heavy atom. The van der Waals surface area contributed by atoms with Crippen LogP contribution in [0, 0.1) is 6.92 Å². The summed E-state index contributed by atoms with van der Waals surface area (Å²) in [5.41, 5.74) is 1.62. The van der Waals surface area contributed by atoms with Crippen LogP contribution in [0.1, 0.15) is 11.3 Å². The van der Waals surface area contributed by atoms with E-state index in [1.54, 1.807) is 12.3 Å². The molecule has 0 fully saturated rings. The molecular formula is C10H10ClN3O2S2. The highest BCUT2D eigenvalue weighted by molar-refractivity contribution is 7.91. The van der Waals surface area contributed by atoms with Crippen molar-refractivity contribution in [2.45, 2.75) is 17.7 Å². The van der Waals surface area contributed by atoms with Gasteiger partial charge in [0.05, 0.1) is 18.4 Å². The van der Waals surface area contributed by atoms with Crippen molar-refractivity contribution < 1.29 is 8.42 Å². The zero-order valence-electron chi connectivity index (χ0n) is 9.42. The molecule has 96 valence electrons. The summed E-state index contributed by atoms with van der Waals surface area (Å²) in [5.74, 6) is 0. The third-order valence-corrected chi connectivity index (χ3v) is 5.25. The molecule has 0 aliphatic rings. The SMILES string of the molecule is Cc1cccnc1CNS(=O)(=O)c1cnc(Cl)s1. The Balaban J connectivity index is 2.13. The normalized spacial score (nSPS) is 11.7. The number of nitrogens with zero attached hydrogens (tertiary/aromatic N) is 2. The molecule has 2 aromatic rings. The van der Waals surface area contributed by atoms with Crippen LogP contribution in [-0.2, 0) is 16.6 Å². The van der Waals surface area contributed by atoms with Gasteiger partial charge in [-0.05, 0) is 18.6 Å². The Bertz CT molecular complexity index is 655. The van der Waals surface area contributed by atoms with Gasteiger partial charge in [-0.2, -0.15) is 0 Å². The van der Waals surface area contributed by atoms with Crippen molar-refractivity contribution in [2.24, 2.45) is 0 Å². The highest BCUT2D eigenvalue weighted by Gasteiger charge is 2.17. The number of aromatic nitrogens is 2. The van der Waals surface area contributed by atoms with E-state index in [-0.39, 0.29) is 15.2 Å². The molecule has 8 heteroatoms. The van der Waals surface area contributed by atoms with Gasteiger partial charge in [-0.25, -0.2) is 18.1 Å². The summed E-state index contributed by atoms with van der Waals surface area (Å²) in [7, 11) is -3.57. The fraction of sp³-hybridized carbons (Fsp3) is 0.200. The molecule has 2 aromatic heterocycles. The van der Waals surface area contributed by atoms with Gasteiger partial charge in [0.1, 0.15) is 0 Å². The topological polar surface area (TPSA) is 72.0 Å². The first kappa shape index (κ1) is 13.4. The predicted molar refractivity (Wildman–Crippen MR) is 70.1 cm³/mol. The second-order valence-corrected chi connectivity index (χ2v) is 7.13. The van der Waals surface area contributed by atoms with Crippen molar-refractivity contribution in [3.8, 4) is 0 Å². The van der Waals surface area contributed by atoms with Crippen LogP contribution < -0.4 is 4.72 Å². The Labute approximate surface area is 114 Å². The molecule has 0 spiro atoms. The van der Waals surface area contributed by atoms with Gasteiger partial charge in [0.2, 0.25) is 0 Å². The zero-order chi connectivity index (χ0) is 13.2. The molecule has 1 N–H and O–H groups in total. The largest absolute Gasteiger partial charge is 0.260 e. The fourth-order valence-corrected chi connectivity index (χ4v) is 3.63. The summed E-state index contributed by atoms with van der Waals surface area (Å²) >= 11 is 6.53. The Hall–Kier alpha value is -1.02. The lowest BCUT2D eigenvalue weighted by Gasteiger charge is -2.05. The fourth-order valence-electron chi connectivity index (χ4n) is 1.30. The highest BCUT2D eigenvalue weighted by atomic mass is 35.5. The molecule has 0 saturated heterocycles. The van der Waals surface area contributed by atoms with Crippen LogP contribution in [0.5, 0.6) is 0 Å². The third kappa shape index (κ3) is 3.05. The van der Waals surface area contributed by atoms with E-state index in [2.05, 4.69) is 14.7 Å². The van der Waals surface area contributed by atoms with E-state index in [0.717, 1.165) is 16.9 Å². The van der Waals surface area contributed by atoms with Crippen LogP contribution in [0.3, 0.4) is 0 Å². The van der Waals surface area contributed by atoms with E-state index in [1.165, 1.54) is 6.20 Å². The summed E-state index contributed by atoms with van der Waals surface area (Å²) in [6, 6.07) is 3.68. The Morgan fingerprint density at radius 1 is 1.44 bits per heavy atom. The van der Waals surface area contributed by atoms with Crippen molar-refractivity contribution in [1.82, 2.24) is 14.7 Å². The number of nitrogens with one attached hydrogen (secondary N) is 1. The molecule has 0 amide bonds. The van der Waals surface area contributed by atoms with Gasteiger partial charge in [-0.1, -0.05) is 29.0 Å². The van der Waals surface area contributed by atoms with Crippen molar-refractivity contribution in [1.29, 1.82) is 0 Å². The van der Waals surface area contributed by atoms with Gasteiger partial charge in [0.15, 0.2) is 8.68 Å². The van der Waals surface area contributed by atoms with E-state index in [9.17, 15) is 8.42 Å². The number of sulfonamides is 1. The predicted octanol–water partition coefficient (Wildman–Crippen LogP) is 1.98. The van der Waals surface area contributed by atoms with Crippen LogP contribution in [0.25, 0.3) is 0 Å². The van der Waals surface area contributed by atoms with Crippen LogP contribution >= 0.6 is 22.9 Å². The van der Waals surface area contributed by atoms with Crippen molar-refractivity contribution in [2.75, 3.05) is 0 Å². The summed E-state index contributed by atoms with van der Waals surface area (Å²) in [5, 5.41) is 0. The molecule has 2 rings (SSSR count). The second kappa shape index (κ2) is 5.31. The first-order valence-electron chi connectivity index (χ1n) is 5.00. The minimum absolute atomic E-state index is 0.0982. The first-order valence-corrected chi connectivity index (χ1v) is 7.68. The van der Waals surface area contributed by atoms with Gasteiger partial charge in [-0.3, -0.25) is 4.98 Å². The molecule has 0 saturated carbocycles. The van der Waals surface area contributed by atoms with Crippen molar-refractivity contribution in [3.05, 3.63) is 40.3 Å². The standard InChI is InChI=1S/C10H10ClN3O2S2/c1-7-3-2-4-12-8(7)5-14-18(15,16)9-6-13-10(11)17-9/h2-4,6,14H,5H2,1H3. The van der Waals surface area contributed by atoms with Gasteiger partial charge in [0, 0.05) is 6.20 Å². The maximum atomic E-state index is 11.9. The van der Waals surface area contributed by atoms with Crippen LogP contribution in [0.15, 0.2) is 28.7 Å². The number of hydrogen-bond donors (Lipinski definition) is 1. The average Bonchev–Trinajstić information content (AvgIpc) is 2.76. The minimum atomic E-state index is -3.57. The smallest absolute Gasteiger partial charge is 0.252 e. The van der Waals surface area contributed by atoms with E-state index in [0.29, 0.717) is 5.69 Å². The van der Waals surface area contributed by atoms with E-state index in [4.69, 9.17) is 11.6 Å². The van der Waals surface area contributed by atoms with Crippen molar-refractivity contribution in [3.63, 3.8) is 0 Å². The lowest BCUT2D eigenvalue weighted by molar-refractivity contribution is 0.582. The molecule has 0 unspecified atom stereocenters. The van der Waals surface area contributed by atoms with Gasteiger partial charge in [-0.15, -0.1) is 0 Å². The molecule has 0 aliphatic heterocycles. The molecule has 0 bridgehead atoms. The van der Waals surface area contributed by atoms with E-state index >= 15 is 0 Å². The number of halogens is 1. The Kier molecular flexibility index (Phi) is 3.96. The van der Waals surface area contributed by atoms with Crippen molar-refractivity contribution >= 4 is 33.0 Å². The molecular weight excluding hydrogens is 294 g/mol. The van der Waals surface area contributed by atoms with Gasteiger partial charge < -0.3 is 0 Å². The first-order chi connectivity index (χ1) is 8.49. The summed E-state index contributed by atoms with van der Waals surface area (Å²) < 4.78 is 26.6. The lowest BCUT2D eigenvalue weighted by Crippen LogP contribution is -2.23. The lowest BCUT2D eigenvalue weighted by atomic mass is 10.2. The van der Waals surface area contributed by atoms with Crippen LogP contribution in [0.2, 0.25) is 4.47 Å². The average molecular weight is 304 g/mol. The maximum absolute atomic E-state index is 11.9. The molecule has 5 nitrogen and oxygen atoms in total. The molecule has 0 aromatic carbocycles. The van der Waals surface area contributed by atoms with E-state index in [1.807, 2.05) is 13.0 Å². The molecule has 0 atom stereocenters. The molecule has 2 heterocycles. The second-order valence-electron chi connectivity index (χ2n) is 3.52. The molecule has 0 aliphatic carbocycles. The highest BCUT2D eigenvalue weighted by Crippen LogP contribution is 2.22. The van der Waals surface area contributed by atoms with E-state index < -0.39 is 10.0 Å². The summed E-state index contributed by atoms with van der Waals surface area (Å²) in [4.78, 5) is 7.82. The third-order valence-electron chi connectivity index (χ3n) is 2.27. The summed E-state index contributed by atoms with van der Waals surface area (Å²) in [6.07, 6.45) is 2.86.